The van der Waals surface area contributed by atoms with Crippen molar-refractivity contribution >= 4 is 38.0 Å². The highest BCUT2D eigenvalue weighted by molar-refractivity contribution is 9.10. The van der Waals surface area contributed by atoms with Gasteiger partial charge in [0.25, 0.3) is 0 Å². The molecule has 0 unspecified atom stereocenters. The number of rotatable bonds is 4. The number of halogens is 1. The van der Waals surface area contributed by atoms with Gasteiger partial charge < -0.3 is 5.32 Å². The van der Waals surface area contributed by atoms with Gasteiger partial charge in [-0.2, -0.15) is 0 Å². The minimum atomic E-state index is -0.368. The van der Waals surface area contributed by atoms with Crippen LogP contribution in [0.4, 0.5) is 10.7 Å². The molecule has 6 heteroatoms. The Balaban J connectivity index is 2.02. The van der Waals surface area contributed by atoms with E-state index >= 15 is 0 Å². The molecule has 0 spiro atoms. The van der Waals surface area contributed by atoms with Gasteiger partial charge in [-0.15, -0.1) is 0 Å². The van der Waals surface area contributed by atoms with Crippen molar-refractivity contribution in [3.63, 3.8) is 0 Å². The van der Waals surface area contributed by atoms with Crippen molar-refractivity contribution in [2.75, 3.05) is 5.32 Å². The second-order valence-electron chi connectivity index (χ2n) is 3.33. The third-order valence-electron chi connectivity index (χ3n) is 2.15. The molecule has 1 heterocycles. The van der Waals surface area contributed by atoms with E-state index in [0.717, 1.165) is 15.0 Å². The zero-order valence-corrected chi connectivity index (χ0v) is 11.1. The van der Waals surface area contributed by atoms with Gasteiger partial charge in [0.2, 0.25) is 0 Å². The fraction of sp³-hybridized carbons (Fsp3) is 0.0909. The molecule has 0 aliphatic heterocycles. The van der Waals surface area contributed by atoms with Crippen molar-refractivity contribution in [1.82, 2.24) is 0 Å². The Morgan fingerprint density at radius 1 is 1.29 bits per heavy atom. The summed E-state index contributed by atoms with van der Waals surface area (Å²) in [5.41, 5.74) is 0.976. The predicted octanol–water partition coefficient (Wildman–Crippen LogP) is 4.03. The highest BCUT2D eigenvalue weighted by atomic mass is 79.9. The topological polar surface area (TPSA) is 55.2 Å². The maximum absolute atomic E-state index is 10.5. The molecule has 0 aliphatic carbocycles. The maximum atomic E-state index is 10.5. The van der Waals surface area contributed by atoms with Gasteiger partial charge in [0.15, 0.2) is 0 Å². The molecule has 0 radical (unpaired) electrons. The molecule has 0 saturated carbocycles. The fourth-order valence-electron chi connectivity index (χ4n) is 1.35. The van der Waals surface area contributed by atoms with Crippen LogP contribution in [0.1, 0.15) is 4.88 Å². The van der Waals surface area contributed by atoms with Crippen molar-refractivity contribution in [3.05, 3.63) is 55.9 Å². The molecule has 0 aliphatic rings. The molecular formula is C11H9BrN2O2S. The number of nitrogens with zero attached hydrogens (tertiary/aromatic N) is 1. The molecule has 2 rings (SSSR count). The number of benzene rings is 1. The normalized spacial score (nSPS) is 10.2. The smallest absolute Gasteiger partial charge is 0.324 e. The summed E-state index contributed by atoms with van der Waals surface area (Å²) in [6.45, 7) is 0.584. The standard InChI is InChI=1S/C11H9BrN2O2S/c12-9-3-1-2-4-10(9)13-7-8-5-6-11(17-8)14(15)16/h1-6,13H,7H2. The summed E-state index contributed by atoms with van der Waals surface area (Å²) in [6, 6.07) is 11.1. The molecular weight excluding hydrogens is 304 g/mol. The first kappa shape index (κ1) is 12.1. The molecule has 0 fully saturated rings. The van der Waals surface area contributed by atoms with Gasteiger partial charge in [-0.25, -0.2) is 0 Å². The van der Waals surface area contributed by atoms with Crippen LogP contribution in [0.2, 0.25) is 0 Å². The van der Waals surface area contributed by atoms with Gasteiger partial charge in [0.05, 0.1) is 4.92 Å². The van der Waals surface area contributed by atoms with Crippen LogP contribution in [0.15, 0.2) is 40.9 Å². The highest BCUT2D eigenvalue weighted by Gasteiger charge is 2.09. The van der Waals surface area contributed by atoms with E-state index in [1.165, 1.54) is 17.4 Å². The van der Waals surface area contributed by atoms with Crippen LogP contribution in [0, 0.1) is 10.1 Å². The van der Waals surface area contributed by atoms with Gasteiger partial charge in [-0.3, -0.25) is 10.1 Å². The monoisotopic (exact) mass is 312 g/mol. The number of hydrogen-bond donors (Lipinski definition) is 1. The van der Waals surface area contributed by atoms with Gasteiger partial charge >= 0.3 is 5.00 Å². The number of hydrogen-bond acceptors (Lipinski definition) is 4. The van der Waals surface area contributed by atoms with E-state index in [2.05, 4.69) is 21.2 Å². The average molecular weight is 313 g/mol. The summed E-state index contributed by atoms with van der Waals surface area (Å²) in [5.74, 6) is 0. The minimum Gasteiger partial charge on any atom is -0.379 e. The van der Waals surface area contributed by atoms with Gasteiger partial charge in [0.1, 0.15) is 0 Å². The van der Waals surface area contributed by atoms with E-state index in [4.69, 9.17) is 0 Å². The zero-order valence-electron chi connectivity index (χ0n) is 8.72. The first-order chi connectivity index (χ1) is 8.16. The Morgan fingerprint density at radius 3 is 2.71 bits per heavy atom. The van der Waals surface area contributed by atoms with E-state index in [1.54, 1.807) is 6.07 Å². The van der Waals surface area contributed by atoms with Crippen molar-refractivity contribution in [2.24, 2.45) is 0 Å². The fourth-order valence-corrected chi connectivity index (χ4v) is 2.53. The summed E-state index contributed by atoms with van der Waals surface area (Å²) >= 11 is 4.62. The lowest BCUT2D eigenvalue weighted by atomic mass is 10.3. The minimum absolute atomic E-state index is 0.175. The summed E-state index contributed by atoms with van der Waals surface area (Å²) in [6.07, 6.45) is 0. The lowest BCUT2D eigenvalue weighted by Crippen LogP contribution is -1.97. The molecule has 1 aromatic carbocycles. The molecule has 88 valence electrons. The molecule has 17 heavy (non-hydrogen) atoms. The Bertz CT molecular complexity index is 542. The first-order valence-corrected chi connectivity index (χ1v) is 6.49. The number of anilines is 1. The lowest BCUT2D eigenvalue weighted by molar-refractivity contribution is -0.380. The van der Waals surface area contributed by atoms with Crippen LogP contribution in [0.25, 0.3) is 0 Å². The van der Waals surface area contributed by atoms with Crippen LogP contribution >= 0.6 is 27.3 Å². The molecule has 4 nitrogen and oxygen atoms in total. The van der Waals surface area contributed by atoms with Gasteiger partial charge in [-0.05, 0) is 34.1 Å². The Labute approximate surface area is 111 Å². The second kappa shape index (κ2) is 5.29. The van der Waals surface area contributed by atoms with Gasteiger partial charge in [0, 0.05) is 27.6 Å². The number of thiophene rings is 1. The summed E-state index contributed by atoms with van der Waals surface area (Å²) in [7, 11) is 0. The Morgan fingerprint density at radius 2 is 2.06 bits per heavy atom. The third-order valence-corrected chi connectivity index (χ3v) is 3.88. The Hall–Kier alpha value is -1.40. The number of para-hydroxylation sites is 1. The second-order valence-corrected chi connectivity index (χ2v) is 5.33. The van der Waals surface area contributed by atoms with E-state index in [-0.39, 0.29) is 9.92 Å². The highest BCUT2D eigenvalue weighted by Crippen LogP contribution is 2.26. The van der Waals surface area contributed by atoms with Crippen molar-refractivity contribution in [1.29, 1.82) is 0 Å². The van der Waals surface area contributed by atoms with Crippen LogP contribution in [0.5, 0.6) is 0 Å². The van der Waals surface area contributed by atoms with Crippen molar-refractivity contribution in [3.8, 4) is 0 Å². The molecule has 1 N–H and O–H groups in total. The maximum Gasteiger partial charge on any atom is 0.324 e. The van der Waals surface area contributed by atoms with Crippen molar-refractivity contribution < 1.29 is 4.92 Å². The molecule has 0 bridgehead atoms. The average Bonchev–Trinajstić information content (AvgIpc) is 2.77. The summed E-state index contributed by atoms with van der Waals surface area (Å²) < 4.78 is 0.978. The molecule has 2 aromatic rings. The van der Waals surface area contributed by atoms with Crippen LogP contribution in [0.3, 0.4) is 0 Å². The molecule has 0 atom stereocenters. The molecule has 0 saturated heterocycles. The number of nitrogens with one attached hydrogen (secondary N) is 1. The lowest BCUT2D eigenvalue weighted by Gasteiger charge is -2.06. The SMILES string of the molecule is O=[N+]([O-])c1ccc(CNc2ccccc2Br)s1. The zero-order chi connectivity index (χ0) is 12.3. The number of nitro groups is 1. The third kappa shape index (κ3) is 3.04. The Kier molecular flexibility index (Phi) is 3.75. The van der Waals surface area contributed by atoms with Crippen molar-refractivity contribution in [2.45, 2.75) is 6.54 Å². The van der Waals surface area contributed by atoms with Crippen LogP contribution in [-0.2, 0) is 6.54 Å². The van der Waals surface area contributed by atoms with Crippen LogP contribution in [-0.4, -0.2) is 4.92 Å². The summed E-state index contributed by atoms with van der Waals surface area (Å²) in [5, 5.41) is 13.9. The predicted molar refractivity (Wildman–Crippen MR) is 72.4 cm³/mol. The molecule has 1 aromatic heterocycles. The largest absolute Gasteiger partial charge is 0.379 e. The van der Waals surface area contributed by atoms with Crippen LogP contribution < -0.4 is 5.32 Å². The summed E-state index contributed by atoms with van der Waals surface area (Å²) in [4.78, 5) is 11.1. The van der Waals surface area contributed by atoms with E-state index < -0.39 is 0 Å². The van der Waals surface area contributed by atoms with E-state index in [9.17, 15) is 10.1 Å². The quantitative estimate of drug-likeness (QED) is 0.685. The van der Waals surface area contributed by atoms with E-state index in [1.807, 2.05) is 24.3 Å². The van der Waals surface area contributed by atoms with E-state index in [0.29, 0.717) is 6.54 Å². The molecule has 0 amide bonds. The van der Waals surface area contributed by atoms with Gasteiger partial charge in [-0.1, -0.05) is 23.5 Å². The first-order valence-electron chi connectivity index (χ1n) is 4.88.